The number of rotatable bonds is 7. The molecule has 1 spiro atoms. The van der Waals surface area contributed by atoms with Gasteiger partial charge in [-0.05, 0) is 135 Å². The number of nitrogens with zero attached hydrogens (tertiary/aromatic N) is 1. The van der Waals surface area contributed by atoms with Crippen LogP contribution < -0.4 is 4.90 Å². The molecule has 0 saturated heterocycles. The largest absolute Gasteiger partial charge is 0.311 e. The van der Waals surface area contributed by atoms with Gasteiger partial charge in [0.25, 0.3) is 0 Å². The van der Waals surface area contributed by atoms with Crippen LogP contribution in [0.2, 0.25) is 0 Å². The van der Waals surface area contributed by atoms with E-state index in [0.717, 1.165) is 37.1 Å². The van der Waals surface area contributed by atoms with Gasteiger partial charge in [-0.2, -0.15) is 0 Å². The second-order valence-electron chi connectivity index (χ2n) is 20.4. The van der Waals surface area contributed by atoms with Gasteiger partial charge in [0.15, 0.2) is 0 Å². The van der Waals surface area contributed by atoms with Crippen molar-refractivity contribution in [2.24, 2.45) is 0 Å². The topological polar surface area (TPSA) is 3.24 Å². The first-order valence-electron chi connectivity index (χ1n) is 23.8. The first-order valence-corrected chi connectivity index (χ1v) is 23.8. The van der Waals surface area contributed by atoms with E-state index < -0.39 is 5.41 Å². The summed E-state index contributed by atoms with van der Waals surface area (Å²) in [5.41, 5.74) is 19.6. The Morgan fingerprint density at radius 2 is 1.42 bits per heavy atom. The quantitative estimate of drug-likeness (QED) is 0.158. The monoisotopic (exact) mass is 848 g/mol. The minimum absolute atomic E-state index is 0.00283. The summed E-state index contributed by atoms with van der Waals surface area (Å²) in [4.78, 5) is 2.48. The fraction of sp³-hybridized carbons (Fsp3) is 0.250. The third kappa shape index (κ3) is 7.63. The standard InChI is InChI=1S/C64H65N/c1-10-25-50-43-51(64(55-33-19-13-18-31-53(50)55)45(2)26-14-11-17-29-49-30-20-21-32-54(49)64)42-46(3)65(52-40-38-48(39-41-52)47-27-15-12-16-28-47)59-37-24-36-58-60(59)62(7,8)44-63(58,9)57-35-23-22-34-56(57)61(4,5)6/h11-18,20-42H,3,10,19,43-44H2,1-2,4-9H3/b14-11-,29-17+,45-26+,50-25+,51-42+. The summed E-state index contributed by atoms with van der Waals surface area (Å²) in [6.07, 6.45) is 29.2. The zero-order valence-corrected chi connectivity index (χ0v) is 39.9. The average Bonchev–Trinajstić information content (AvgIpc) is 3.39. The number of hydrogen-bond acceptors (Lipinski definition) is 1. The molecule has 1 fully saturated rings. The van der Waals surface area contributed by atoms with Gasteiger partial charge in [-0.25, -0.2) is 0 Å². The van der Waals surface area contributed by atoms with Crippen LogP contribution >= 0.6 is 0 Å². The van der Waals surface area contributed by atoms with Crippen molar-refractivity contribution in [2.75, 3.05) is 4.90 Å². The normalized spacial score (nSPS) is 24.0. The maximum atomic E-state index is 5.15. The van der Waals surface area contributed by atoms with Crippen molar-refractivity contribution in [1.29, 1.82) is 0 Å². The maximum absolute atomic E-state index is 5.15. The van der Waals surface area contributed by atoms with Gasteiger partial charge in [0.1, 0.15) is 0 Å². The zero-order chi connectivity index (χ0) is 45.6. The molecular formula is C64H65N. The number of benzene rings is 5. The number of allylic oxidation sites excluding steroid dienone is 15. The van der Waals surface area contributed by atoms with E-state index in [9.17, 15) is 0 Å². The minimum Gasteiger partial charge on any atom is -0.311 e. The van der Waals surface area contributed by atoms with Gasteiger partial charge in [-0.1, -0.05) is 225 Å². The number of fused-ring (bicyclic) bond motifs is 5. The van der Waals surface area contributed by atoms with Gasteiger partial charge in [-0.15, -0.1) is 0 Å². The van der Waals surface area contributed by atoms with Crippen LogP contribution in [0.15, 0.2) is 222 Å². The highest BCUT2D eigenvalue weighted by molar-refractivity contribution is 5.81. The molecule has 1 heteroatoms. The summed E-state index contributed by atoms with van der Waals surface area (Å²) < 4.78 is 0. The molecule has 0 amide bonds. The predicted molar refractivity (Wildman–Crippen MR) is 280 cm³/mol. The Morgan fingerprint density at radius 3 is 2.17 bits per heavy atom. The van der Waals surface area contributed by atoms with Crippen LogP contribution in [-0.4, -0.2) is 0 Å². The Labute approximate surface area is 390 Å². The van der Waals surface area contributed by atoms with Crippen molar-refractivity contribution < 1.29 is 0 Å². The zero-order valence-electron chi connectivity index (χ0n) is 39.9. The first kappa shape index (κ1) is 43.8. The number of hydrogen-bond donors (Lipinski definition) is 0. The fourth-order valence-electron chi connectivity index (χ4n) is 12.0. The highest BCUT2D eigenvalue weighted by Crippen LogP contribution is 2.60. The van der Waals surface area contributed by atoms with Gasteiger partial charge >= 0.3 is 0 Å². The van der Waals surface area contributed by atoms with Crippen LogP contribution in [0, 0.1) is 0 Å². The van der Waals surface area contributed by atoms with Crippen LogP contribution in [-0.2, 0) is 21.7 Å². The lowest BCUT2D eigenvalue weighted by Gasteiger charge is -2.47. The molecule has 5 aromatic carbocycles. The van der Waals surface area contributed by atoms with Gasteiger partial charge in [0, 0.05) is 16.8 Å². The van der Waals surface area contributed by atoms with E-state index >= 15 is 0 Å². The molecule has 0 bridgehead atoms. The molecule has 2 unspecified atom stereocenters. The summed E-state index contributed by atoms with van der Waals surface area (Å²) in [6, 6.07) is 45.2. The molecule has 0 N–H and O–H groups in total. The summed E-state index contributed by atoms with van der Waals surface area (Å²) in [7, 11) is 0. The van der Waals surface area contributed by atoms with Crippen molar-refractivity contribution >= 4 is 17.5 Å². The molecule has 1 nitrogen and oxygen atoms in total. The van der Waals surface area contributed by atoms with Gasteiger partial charge in [0.05, 0.1) is 11.1 Å². The summed E-state index contributed by atoms with van der Waals surface area (Å²) in [5.74, 6) is 0. The van der Waals surface area contributed by atoms with Gasteiger partial charge < -0.3 is 4.90 Å². The lowest BCUT2D eigenvalue weighted by atomic mass is 9.55. The number of anilines is 2. The van der Waals surface area contributed by atoms with E-state index in [-0.39, 0.29) is 16.2 Å². The molecule has 9 rings (SSSR count). The Kier molecular flexibility index (Phi) is 11.6. The molecule has 5 aromatic rings. The van der Waals surface area contributed by atoms with Crippen molar-refractivity contribution in [1.82, 2.24) is 0 Å². The third-order valence-electron chi connectivity index (χ3n) is 14.6. The second-order valence-corrected chi connectivity index (χ2v) is 20.4. The SMILES string of the molecule is C=C(/C=C1\C/C(=C\CC)C2=CC=CCC=C2C12/C(C)=C/C=C\C=C\c1ccccc12)N(c1ccc(-c2ccccc2)cc1)c1cccc2c1C(C)(C)CC2(C)c1ccccc1C(C)(C)C. The molecular weight excluding hydrogens is 783 g/mol. The summed E-state index contributed by atoms with van der Waals surface area (Å²) >= 11 is 0. The predicted octanol–water partition coefficient (Wildman–Crippen LogP) is 17.2. The highest BCUT2D eigenvalue weighted by Gasteiger charge is 2.50. The van der Waals surface area contributed by atoms with Crippen LogP contribution in [0.1, 0.15) is 114 Å². The highest BCUT2D eigenvalue weighted by atomic mass is 15.1. The smallest absolute Gasteiger partial charge is 0.0637 e. The molecule has 2 atom stereocenters. The van der Waals surface area contributed by atoms with E-state index in [4.69, 9.17) is 6.58 Å². The maximum Gasteiger partial charge on any atom is 0.0637 e. The van der Waals surface area contributed by atoms with E-state index in [1.54, 1.807) is 0 Å². The second kappa shape index (κ2) is 17.2. The van der Waals surface area contributed by atoms with Crippen molar-refractivity contribution in [3.05, 3.63) is 256 Å². The Balaban J connectivity index is 1.31. The molecule has 65 heavy (non-hydrogen) atoms. The molecule has 326 valence electrons. The van der Waals surface area contributed by atoms with Gasteiger partial charge in [0.2, 0.25) is 0 Å². The Bertz CT molecular complexity index is 2910. The molecule has 0 heterocycles. The Hall–Kier alpha value is -6.44. The lowest BCUT2D eigenvalue weighted by molar-refractivity contribution is 0.417. The average molecular weight is 848 g/mol. The van der Waals surface area contributed by atoms with Crippen molar-refractivity contribution in [3.63, 3.8) is 0 Å². The van der Waals surface area contributed by atoms with Crippen LogP contribution in [0.3, 0.4) is 0 Å². The fourth-order valence-corrected chi connectivity index (χ4v) is 12.0. The summed E-state index contributed by atoms with van der Waals surface area (Å²) in [5, 5.41) is 0. The lowest BCUT2D eigenvalue weighted by Crippen LogP contribution is -2.38. The van der Waals surface area contributed by atoms with E-state index in [0.29, 0.717) is 0 Å². The van der Waals surface area contributed by atoms with Crippen LogP contribution in [0.4, 0.5) is 11.4 Å². The van der Waals surface area contributed by atoms with Crippen LogP contribution in [0.25, 0.3) is 17.2 Å². The van der Waals surface area contributed by atoms with Crippen molar-refractivity contribution in [2.45, 2.75) is 103 Å². The Morgan fingerprint density at radius 1 is 0.723 bits per heavy atom. The van der Waals surface area contributed by atoms with E-state index in [1.807, 2.05) is 0 Å². The van der Waals surface area contributed by atoms with Gasteiger partial charge in [-0.3, -0.25) is 0 Å². The first-order chi connectivity index (χ1) is 31.3. The summed E-state index contributed by atoms with van der Waals surface area (Å²) in [6.45, 7) is 24.2. The van der Waals surface area contributed by atoms with Crippen LogP contribution in [0.5, 0.6) is 0 Å². The van der Waals surface area contributed by atoms with Crippen molar-refractivity contribution in [3.8, 4) is 11.1 Å². The molecule has 0 radical (unpaired) electrons. The molecule has 0 aliphatic heterocycles. The molecule has 4 aliphatic carbocycles. The van der Waals surface area contributed by atoms with E-state index in [2.05, 4.69) is 248 Å². The van der Waals surface area contributed by atoms with E-state index in [1.165, 1.54) is 78.1 Å². The minimum atomic E-state index is -0.544. The third-order valence-corrected chi connectivity index (χ3v) is 14.6. The molecule has 4 aliphatic rings. The molecule has 0 aromatic heterocycles. The molecule has 1 saturated carbocycles.